The zero-order valence-corrected chi connectivity index (χ0v) is 13.4. The van der Waals surface area contributed by atoms with Gasteiger partial charge in [0.05, 0.1) is 23.6 Å². The maximum atomic E-state index is 12.9. The van der Waals surface area contributed by atoms with Gasteiger partial charge in [-0.3, -0.25) is 0 Å². The predicted molar refractivity (Wildman–Crippen MR) is 80.8 cm³/mol. The van der Waals surface area contributed by atoms with Crippen molar-refractivity contribution in [2.45, 2.75) is 13.1 Å². The second-order valence-electron chi connectivity index (χ2n) is 5.37. The zero-order valence-electron chi connectivity index (χ0n) is 12.6. The van der Waals surface area contributed by atoms with E-state index in [2.05, 4.69) is 10.2 Å². The van der Waals surface area contributed by atoms with E-state index in [0.29, 0.717) is 6.07 Å². The molecule has 1 saturated heterocycles. The molecule has 0 aromatic heterocycles. The van der Waals surface area contributed by atoms with E-state index in [-0.39, 0.29) is 29.1 Å². The van der Waals surface area contributed by atoms with E-state index < -0.39 is 38.8 Å². The molecule has 0 aliphatic carbocycles. The highest BCUT2D eigenvalue weighted by atomic mass is 32.2. The van der Waals surface area contributed by atoms with Crippen molar-refractivity contribution in [3.05, 3.63) is 57.7 Å². The van der Waals surface area contributed by atoms with Crippen LogP contribution in [0, 0.1) is 13.5 Å². The number of nitrogens with zero attached hydrogens (tertiary/aromatic N) is 1. The van der Waals surface area contributed by atoms with Gasteiger partial charge in [0, 0.05) is 17.8 Å². The third-order valence-corrected chi connectivity index (χ3v) is 4.95. The minimum atomic E-state index is -4.63. The zero-order chi connectivity index (χ0) is 18.1. The monoisotopic (exact) mass is 358 g/mol. The first-order valence-electron chi connectivity index (χ1n) is 6.82. The normalized spacial score (nSPS) is 19.1. The molecule has 1 heterocycles. The van der Waals surface area contributed by atoms with Gasteiger partial charge in [0.2, 0.25) is 0 Å². The quantitative estimate of drug-likeness (QED) is 0.501. The fraction of sp³-hybridized carbons (Fsp3) is 0.333. The van der Waals surface area contributed by atoms with Gasteiger partial charge >= 0.3 is 6.18 Å². The second kappa shape index (κ2) is 6.28. The van der Waals surface area contributed by atoms with Crippen molar-refractivity contribution in [2.24, 2.45) is 0 Å². The van der Waals surface area contributed by atoms with Crippen LogP contribution in [0.15, 0.2) is 29.6 Å². The Balaban J connectivity index is 2.51. The molecule has 5 nitrogen and oxygen atoms in total. The number of halogens is 3. The minimum Gasteiger partial charge on any atom is -0.395 e. The summed E-state index contributed by atoms with van der Waals surface area (Å²) in [6.07, 6.45) is -4.63. The Morgan fingerprint density at radius 3 is 2.50 bits per heavy atom. The summed E-state index contributed by atoms with van der Waals surface area (Å²) in [7, 11) is -3.44. The fourth-order valence-corrected chi connectivity index (χ4v) is 3.56. The van der Waals surface area contributed by atoms with Gasteiger partial charge in [0.15, 0.2) is 15.6 Å². The lowest BCUT2D eigenvalue weighted by Crippen LogP contribution is -2.35. The topological polar surface area (TPSA) is 67.6 Å². The molecule has 1 aliphatic rings. The number of nitrogens with one attached hydrogen (secondary N) is 1. The number of carbonyl (C=O) groups excluding carboxylic acids is 1. The molecule has 1 aromatic rings. The lowest BCUT2D eigenvalue weighted by atomic mass is 10.0. The van der Waals surface area contributed by atoms with Gasteiger partial charge in [-0.2, -0.15) is 13.2 Å². The Morgan fingerprint density at radius 2 is 1.96 bits per heavy atom. The van der Waals surface area contributed by atoms with E-state index >= 15 is 0 Å². The van der Waals surface area contributed by atoms with Crippen LogP contribution in [-0.4, -0.2) is 32.3 Å². The average Bonchev–Trinajstić information content (AvgIpc) is 2.45. The van der Waals surface area contributed by atoms with Crippen LogP contribution in [-0.2, 0) is 16.0 Å². The highest BCUT2D eigenvalue weighted by Gasteiger charge is 2.32. The summed E-state index contributed by atoms with van der Waals surface area (Å²) in [5.74, 6) is -1.56. The predicted octanol–water partition coefficient (Wildman–Crippen LogP) is 2.35. The van der Waals surface area contributed by atoms with E-state index in [1.54, 1.807) is 0 Å². The van der Waals surface area contributed by atoms with Crippen LogP contribution < -0.4 is 5.32 Å². The highest BCUT2D eigenvalue weighted by Crippen LogP contribution is 2.31. The first-order valence-corrected chi connectivity index (χ1v) is 8.64. The van der Waals surface area contributed by atoms with Crippen molar-refractivity contribution >= 4 is 15.6 Å². The molecule has 0 bridgehead atoms. The summed E-state index contributed by atoms with van der Waals surface area (Å²) in [4.78, 5) is 15.5. The summed E-state index contributed by atoms with van der Waals surface area (Å²) < 4.78 is 61.9. The minimum absolute atomic E-state index is 0.0472. The largest absolute Gasteiger partial charge is 0.416 e. The van der Waals surface area contributed by atoms with Gasteiger partial charge in [0.25, 0.3) is 5.70 Å². The number of hydrogen-bond acceptors (Lipinski definition) is 4. The maximum absolute atomic E-state index is 12.9. The van der Waals surface area contributed by atoms with Crippen LogP contribution in [0.1, 0.15) is 21.5 Å². The number of alkyl halides is 3. The number of allylic oxidation sites excluding steroid dienone is 1. The van der Waals surface area contributed by atoms with Crippen LogP contribution in [0.4, 0.5) is 13.2 Å². The molecule has 0 amide bonds. The van der Waals surface area contributed by atoms with Crippen molar-refractivity contribution in [3.8, 4) is 0 Å². The Bertz CT molecular complexity index is 865. The molecule has 0 spiro atoms. The number of sulfone groups is 1. The lowest BCUT2D eigenvalue weighted by molar-refractivity contribution is -0.137. The lowest BCUT2D eigenvalue weighted by Gasteiger charge is -2.19. The standard InChI is InChI=1S/C15H13F3N2O3S/c1-9-5-10(7-11(6-9)15(16,17)18)14(21)13(19-2)12-8-24(22,23)4-3-20-12/h5-7,20H,3-4,8H2,1H3/b13-12+. The maximum Gasteiger partial charge on any atom is 0.416 e. The van der Waals surface area contributed by atoms with Crippen LogP contribution >= 0.6 is 0 Å². The molecular weight excluding hydrogens is 345 g/mol. The first-order chi connectivity index (χ1) is 11.0. The van der Waals surface area contributed by atoms with Gasteiger partial charge in [-0.25, -0.2) is 13.3 Å². The Kier molecular flexibility index (Phi) is 4.71. The Morgan fingerprint density at radius 1 is 1.29 bits per heavy atom. The Hall–Kier alpha value is -2.34. The number of benzene rings is 1. The molecule has 1 aromatic carbocycles. The summed E-state index contributed by atoms with van der Waals surface area (Å²) in [5.41, 5.74) is -1.66. The van der Waals surface area contributed by atoms with Gasteiger partial charge in [0.1, 0.15) is 0 Å². The van der Waals surface area contributed by atoms with E-state index in [4.69, 9.17) is 6.57 Å². The number of carbonyl (C=O) groups is 1. The van der Waals surface area contributed by atoms with Crippen LogP contribution in [0.3, 0.4) is 0 Å². The van der Waals surface area contributed by atoms with Gasteiger partial charge in [-0.15, -0.1) is 0 Å². The molecular formula is C15H13F3N2O3S. The summed E-state index contributed by atoms with van der Waals surface area (Å²) >= 11 is 0. The first kappa shape index (κ1) is 18.0. The molecule has 128 valence electrons. The third kappa shape index (κ3) is 3.94. The second-order valence-corrected chi connectivity index (χ2v) is 7.56. The number of rotatable bonds is 2. The Labute approximate surface area is 136 Å². The molecule has 0 saturated carbocycles. The van der Waals surface area contributed by atoms with Crippen molar-refractivity contribution < 1.29 is 26.4 Å². The summed E-state index contributed by atoms with van der Waals surface area (Å²) in [5, 5.41) is 2.68. The number of Topliss-reactive ketones (excluding diaryl/α,β-unsaturated/α-hetero) is 1. The SMILES string of the molecule is [C-]#[N+]/C(C(=O)c1cc(C)cc(C(F)(F)F)c1)=C1\CS(=O)(=O)CCN1. The molecule has 2 rings (SSSR count). The summed E-state index contributed by atoms with van der Waals surface area (Å²) in [6.45, 7) is 8.57. The molecule has 0 radical (unpaired) electrons. The third-order valence-electron chi connectivity index (χ3n) is 3.40. The van der Waals surface area contributed by atoms with Crippen molar-refractivity contribution in [1.29, 1.82) is 0 Å². The van der Waals surface area contributed by atoms with Crippen LogP contribution in [0.5, 0.6) is 0 Å². The van der Waals surface area contributed by atoms with E-state index in [1.807, 2.05) is 0 Å². The van der Waals surface area contributed by atoms with Gasteiger partial charge in [-0.1, -0.05) is 0 Å². The smallest absolute Gasteiger partial charge is 0.395 e. The average molecular weight is 358 g/mol. The molecule has 1 N–H and O–H groups in total. The van der Waals surface area contributed by atoms with Gasteiger partial charge < -0.3 is 10.1 Å². The van der Waals surface area contributed by atoms with Gasteiger partial charge in [-0.05, 0) is 30.7 Å². The van der Waals surface area contributed by atoms with Crippen molar-refractivity contribution in [1.82, 2.24) is 5.32 Å². The molecule has 24 heavy (non-hydrogen) atoms. The molecule has 0 atom stereocenters. The van der Waals surface area contributed by atoms with E-state index in [1.165, 1.54) is 13.0 Å². The van der Waals surface area contributed by atoms with Crippen LogP contribution in [0.2, 0.25) is 0 Å². The molecule has 1 fully saturated rings. The molecule has 0 unspecified atom stereocenters. The molecule has 9 heteroatoms. The van der Waals surface area contributed by atoms with E-state index in [9.17, 15) is 26.4 Å². The number of aryl methyl sites for hydroxylation is 1. The number of hydrogen-bond donors (Lipinski definition) is 1. The van der Waals surface area contributed by atoms with E-state index in [0.717, 1.165) is 6.07 Å². The molecule has 1 aliphatic heterocycles. The fourth-order valence-electron chi connectivity index (χ4n) is 2.32. The number of ketones is 1. The highest BCUT2D eigenvalue weighted by molar-refractivity contribution is 7.91. The summed E-state index contributed by atoms with van der Waals surface area (Å²) in [6, 6.07) is 2.80. The van der Waals surface area contributed by atoms with Crippen LogP contribution in [0.25, 0.3) is 4.85 Å². The van der Waals surface area contributed by atoms with Crippen molar-refractivity contribution in [2.75, 3.05) is 18.1 Å². The van der Waals surface area contributed by atoms with Crippen molar-refractivity contribution in [3.63, 3.8) is 0 Å².